The van der Waals surface area contributed by atoms with Crippen LogP contribution in [0.15, 0.2) is 67.0 Å². The number of hydrogen-bond acceptors (Lipinski definition) is 8. The quantitative estimate of drug-likeness (QED) is 0.253. The van der Waals surface area contributed by atoms with Crippen LogP contribution in [0.3, 0.4) is 0 Å². The first-order valence-electron chi connectivity index (χ1n) is 11.0. The van der Waals surface area contributed by atoms with Gasteiger partial charge in [-0.15, -0.1) is 11.3 Å². The topological polar surface area (TPSA) is 137 Å². The minimum absolute atomic E-state index is 0.0238. The maximum atomic E-state index is 13.0. The average molecular weight is 544 g/mol. The molecule has 2 heterocycles. The van der Waals surface area contributed by atoms with Crippen molar-refractivity contribution in [2.24, 2.45) is 0 Å². The largest absolute Gasteiger partial charge is 0.479 e. The van der Waals surface area contributed by atoms with Crippen LogP contribution >= 0.6 is 11.3 Å². The van der Waals surface area contributed by atoms with Crippen molar-refractivity contribution in [3.8, 4) is 10.4 Å². The monoisotopic (exact) mass is 543 g/mol. The third-order valence-electron chi connectivity index (χ3n) is 5.28. The lowest BCUT2D eigenvalue weighted by Gasteiger charge is -2.21. The molecule has 2 aromatic heterocycles. The Balaban J connectivity index is 1.56. The smallest absolute Gasteiger partial charge is 0.433 e. The van der Waals surface area contributed by atoms with Gasteiger partial charge in [0.2, 0.25) is 5.95 Å². The van der Waals surface area contributed by atoms with Gasteiger partial charge in [-0.05, 0) is 41.8 Å². The number of anilines is 2. The van der Waals surface area contributed by atoms with E-state index in [9.17, 15) is 33.0 Å². The van der Waals surface area contributed by atoms with E-state index in [0.717, 1.165) is 29.2 Å². The van der Waals surface area contributed by atoms with Gasteiger partial charge in [-0.3, -0.25) is 4.79 Å². The molecule has 9 nitrogen and oxygen atoms in total. The molecule has 196 valence electrons. The third kappa shape index (κ3) is 6.30. The Labute approximate surface area is 218 Å². The zero-order chi connectivity index (χ0) is 27.4. The number of rotatable bonds is 8. The van der Waals surface area contributed by atoms with Crippen LogP contribution < -0.4 is 10.6 Å². The van der Waals surface area contributed by atoms with Crippen molar-refractivity contribution in [3.05, 3.63) is 88.8 Å². The van der Waals surface area contributed by atoms with Gasteiger partial charge in [-0.1, -0.05) is 36.4 Å². The Morgan fingerprint density at radius 1 is 1.05 bits per heavy atom. The second-order valence-electron chi connectivity index (χ2n) is 8.15. The molecule has 0 saturated heterocycles. The zero-order valence-corrected chi connectivity index (χ0v) is 20.4. The zero-order valence-electron chi connectivity index (χ0n) is 19.6. The SMILES string of the molecule is Cc1cc(Nc2nccc(C(F)(F)F)n2)cc(-c2cnc(C(=O)N[C@H](c3ccccc3)[C@@H](O)C(=O)O)s2)c1. The molecule has 0 radical (unpaired) electrons. The number of aliphatic hydroxyl groups is 1. The van der Waals surface area contributed by atoms with Gasteiger partial charge in [0, 0.05) is 18.1 Å². The normalized spacial score (nSPS) is 13.0. The molecule has 4 aromatic rings. The number of benzene rings is 2. The van der Waals surface area contributed by atoms with Crippen molar-refractivity contribution in [1.82, 2.24) is 20.3 Å². The van der Waals surface area contributed by atoms with Crippen LogP contribution in [0.4, 0.5) is 24.8 Å². The Hall–Kier alpha value is -4.36. The average Bonchev–Trinajstić information content (AvgIpc) is 3.37. The number of aryl methyl sites for hydroxylation is 1. The number of halogens is 3. The van der Waals surface area contributed by atoms with Gasteiger partial charge in [0.25, 0.3) is 5.91 Å². The predicted octanol–water partition coefficient (Wildman–Crippen LogP) is 4.59. The second-order valence-corrected chi connectivity index (χ2v) is 9.18. The van der Waals surface area contributed by atoms with Crippen LogP contribution in [0.2, 0.25) is 0 Å². The standard InChI is InChI=1S/C25H20F3N5O4S/c1-13-9-15(11-16(10-13)31-24-29-8-7-18(32-24)25(26,27)28)17-12-30-22(38-17)21(35)33-19(20(34)23(36)37)14-5-3-2-4-6-14/h2-12,19-20,34H,1H3,(H,33,35)(H,36,37)(H,29,31,32)/t19-,20-/m1/s1. The summed E-state index contributed by atoms with van der Waals surface area (Å²) in [6, 6.07) is 12.9. The minimum atomic E-state index is -4.61. The Kier molecular flexibility index (Phi) is 7.69. The molecule has 13 heteroatoms. The van der Waals surface area contributed by atoms with Gasteiger partial charge in [-0.2, -0.15) is 13.2 Å². The molecule has 1 amide bonds. The van der Waals surface area contributed by atoms with Gasteiger partial charge >= 0.3 is 12.1 Å². The fourth-order valence-electron chi connectivity index (χ4n) is 3.57. The molecule has 0 saturated carbocycles. The van der Waals surface area contributed by atoms with E-state index in [1.807, 2.05) is 0 Å². The Morgan fingerprint density at radius 3 is 2.47 bits per heavy atom. The number of nitrogens with one attached hydrogen (secondary N) is 2. The van der Waals surface area contributed by atoms with Crippen LogP contribution in [0.25, 0.3) is 10.4 Å². The van der Waals surface area contributed by atoms with Gasteiger partial charge in [0.1, 0.15) is 5.69 Å². The molecule has 0 aliphatic rings. The fraction of sp³-hybridized carbons (Fsp3) is 0.160. The van der Waals surface area contributed by atoms with Gasteiger partial charge in [0.15, 0.2) is 11.1 Å². The molecule has 4 N–H and O–H groups in total. The van der Waals surface area contributed by atoms with E-state index in [1.54, 1.807) is 55.5 Å². The molecule has 0 bridgehead atoms. The van der Waals surface area contributed by atoms with Crippen molar-refractivity contribution in [2.75, 3.05) is 5.32 Å². The summed E-state index contributed by atoms with van der Waals surface area (Å²) in [5.41, 5.74) is 1.14. The maximum Gasteiger partial charge on any atom is 0.433 e. The number of alkyl halides is 3. The van der Waals surface area contributed by atoms with Crippen LogP contribution in [-0.2, 0) is 11.0 Å². The van der Waals surface area contributed by atoms with Crippen LogP contribution in [-0.4, -0.2) is 43.1 Å². The molecule has 4 rings (SSSR count). The molecule has 2 atom stereocenters. The molecule has 0 aliphatic carbocycles. The number of carboxylic acid groups (broad SMARTS) is 1. The summed E-state index contributed by atoms with van der Waals surface area (Å²) in [6.45, 7) is 1.79. The van der Waals surface area contributed by atoms with Crippen LogP contribution in [0.1, 0.15) is 32.7 Å². The molecular weight excluding hydrogens is 523 g/mol. The number of thiazole rings is 1. The van der Waals surface area contributed by atoms with Gasteiger partial charge in [-0.25, -0.2) is 19.7 Å². The van der Waals surface area contributed by atoms with E-state index in [0.29, 0.717) is 21.7 Å². The van der Waals surface area contributed by atoms with Crippen LogP contribution in [0.5, 0.6) is 0 Å². The summed E-state index contributed by atoms with van der Waals surface area (Å²) >= 11 is 1.02. The van der Waals surface area contributed by atoms with E-state index < -0.39 is 35.9 Å². The number of amides is 1. The maximum absolute atomic E-state index is 13.0. The summed E-state index contributed by atoms with van der Waals surface area (Å²) in [7, 11) is 0. The number of aromatic nitrogens is 3. The molecule has 0 fully saturated rings. The summed E-state index contributed by atoms with van der Waals surface area (Å²) < 4.78 is 39.0. The predicted molar refractivity (Wildman–Crippen MR) is 133 cm³/mol. The van der Waals surface area contributed by atoms with Crippen LogP contribution in [0, 0.1) is 6.92 Å². The van der Waals surface area contributed by atoms with E-state index in [2.05, 4.69) is 25.6 Å². The van der Waals surface area contributed by atoms with E-state index >= 15 is 0 Å². The molecular formula is C25H20F3N5O4S. The lowest BCUT2D eigenvalue weighted by Crippen LogP contribution is -2.40. The molecule has 0 spiro atoms. The fourth-order valence-corrected chi connectivity index (χ4v) is 4.37. The number of carboxylic acids is 1. The number of nitrogens with zero attached hydrogens (tertiary/aromatic N) is 3. The summed E-state index contributed by atoms with van der Waals surface area (Å²) in [5.74, 6) is -2.41. The van der Waals surface area contributed by atoms with E-state index in [4.69, 9.17) is 0 Å². The van der Waals surface area contributed by atoms with Crippen molar-refractivity contribution in [2.45, 2.75) is 25.2 Å². The first kappa shape index (κ1) is 26.7. The highest BCUT2D eigenvalue weighted by Crippen LogP contribution is 2.32. The lowest BCUT2D eigenvalue weighted by atomic mass is 10.0. The highest BCUT2D eigenvalue weighted by atomic mass is 32.1. The number of aliphatic hydroxyl groups excluding tert-OH is 1. The van der Waals surface area contributed by atoms with Crippen molar-refractivity contribution >= 4 is 34.8 Å². The van der Waals surface area contributed by atoms with Crippen molar-refractivity contribution in [1.29, 1.82) is 0 Å². The van der Waals surface area contributed by atoms with E-state index in [-0.39, 0.29) is 11.0 Å². The number of carbonyl (C=O) groups excluding carboxylic acids is 1. The number of aliphatic carboxylic acids is 1. The summed E-state index contributed by atoms with van der Waals surface area (Å²) in [4.78, 5) is 36.3. The van der Waals surface area contributed by atoms with Gasteiger partial charge in [0.05, 0.1) is 10.9 Å². The van der Waals surface area contributed by atoms with Crippen molar-refractivity contribution in [3.63, 3.8) is 0 Å². The minimum Gasteiger partial charge on any atom is -0.479 e. The first-order chi connectivity index (χ1) is 18.0. The summed E-state index contributed by atoms with van der Waals surface area (Å²) in [6.07, 6.45) is -4.04. The van der Waals surface area contributed by atoms with Gasteiger partial charge < -0.3 is 20.8 Å². The molecule has 0 aliphatic heterocycles. The first-order valence-corrected chi connectivity index (χ1v) is 11.8. The third-order valence-corrected chi connectivity index (χ3v) is 6.32. The van der Waals surface area contributed by atoms with Crippen molar-refractivity contribution < 1.29 is 33.0 Å². The Bertz CT molecular complexity index is 1460. The van der Waals surface area contributed by atoms with E-state index in [1.165, 1.54) is 6.20 Å². The molecule has 0 unspecified atom stereocenters. The number of hydrogen-bond donors (Lipinski definition) is 4. The Morgan fingerprint density at radius 2 is 1.79 bits per heavy atom. The number of carbonyl (C=O) groups is 2. The summed E-state index contributed by atoms with van der Waals surface area (Å²) in [5, 5.41) is 24.7. The molecule has 2 aromatic carbocycles. The molecule has 38 heavy (non-hydrogen) atoms. The second kappa shape index (κ2) is 10.9. The highest BCUT2D eigenvalue weighted by molar-refractivity contribution is 7.17. The lowest BCUT2D eigenvalue weighted by molar-refractivity contribution is -0.148. The highest BCUT2D eigenvalue weighted by Gasteiger charge is 2.33.